The summed E-state index contributed by atoms with van der Waals surface area (Å²) in [4.78, 5) is 43.3. The van der Waals surface area contributed by atoms with Crippen molar-refractivity contribution in [1.29, 1.82) is 0 Å². The predicted octanol–water partition coefficient (Wildman–Crippen LogP) is 3.50. The number of hydrogen-bond donors (Lipinski definition) is 1. The van der Waals surface area contributed by atoms with Crippen molar-refractivity contribution in [3.8, 4) is 11.5 Å². The number of aromatic amines is 1. The van der Waals surface area contributed by atoms with Gasteiger partial charge in [0, 0.05) is 15.5 Å². The Hall–Kier alpha value is -2.59. The number of fused-ring (bicyclic) bond motifs is 9. The first-order valence-electron chi connectivity index (χ1n) is 11.9. The summed E-state index contributed by atoms with van der Waals surface area (Å²) in [6.07, 6.45) is 3.30. The van der Waals surface area contributed by atoms with Crippen LogP contribution in [0.1, 0.15) is 37.1 Å². The number of nitrogens with zero attached hydrogens (tertiary/aromatic N) is 2. The Bertz CT molecular complexity index is 1320. The van der Waals surface area contributed by atoms with Crippen LogP contribution in [0.2, 0.25) is 0 Å². The second kappa shape index (κ2) is 7.96. The summed E-state index contributed by atoms with van der Waals surface area (Å²) in [6, 6.07) is 5.33. The van der Waals surface area contributed by atoms with Crippen LogP contribution in [0.5, 0.6) is 11.5 Å². The van der Waals surface area contributed by atoms with E-state index in [1.54, 1.807) is 44.2 Å². The van der Waals surface area contributed by atoms with Crippen molar-refractivity contribution in [1.82, 2.24) is 9.99 Å². The lowest BCUT2D eigenvalue weighted by Crippen LogP contribution is -2.49. The van der Waals surface area contributed by atoms with Crippen LogP contribution in [0.25, 0.3) is 0 Å². The molecule has 7 atom stereocenters. The zero-order valence-corrected chi connectivity index (χ0v) is 21.6. The van der Waals surface area contributed by atoms with Crippen molar-refractivity contribution in [2.45, 2.75) is 42.4 Å². The molecule has 1 saturated heterocycles. The summed E-state index contributed by atoms with van der Waals surface area (Å²) in [6.45, 7) is 4.39. The first kappa shape index (κ1) is 22.8. The number of thioether (sulfide) groups is 1. The van der Waals surface area contributed by atoms with E-state index in [9.17, 15) is 14.4 Å². The third kappa shape index (κ3) is 3.05. The standard InChI is InChI=1S/C25H27N3O5S2/c1-5-25(2)18-12-9-13(19(18)34-21-20(25)35-24(31)27-21)17-16(12)22(29)28(23(17)30)26-10-11-6-7-14(32-3)15(8-11)33-4/h6-8,10,12-13,16-19H,5,9H2,1-4H3,(H,27,31)/b26-10+. The molecule has 0 spiro atoms. The maximum absolute atomic E-state index is 13.5. The molecule has 1 aromatic carbocycles. The van der Waals surface area contributed by atoms with Crippen LogP contribution in [-0.4, -0.2) is 47.5 Å². The van der Waals surface area contributed by atoms with Gasteiger partial charge in [-0.3, -0.25) is 14.4 Å². The van der Waals surface area contributed by atoms with E-state index in [0.717, 1.165) is 27.8 Å². The van der Waals surface area contributed by atoms with Crippen LogP contribution < -0.4 is 14.3 Å². The van der Waals surface area contributed by atoms with E-state index in [1.807, 2.05) is 0 Å². The molecule has 3 fully saturated rings. The van der Waals surface area contributed by atoms with Gasteiger partial charge in [-0.2, -0.15) is 10.1 Å². The highest BCUT2D eigenvalue weighted by Gasteiger charge is 2.71. The van der Waals surface area contributed by atoms with Gasteiger partial charge in [0.1, 0.15) is 0 Å². The van der Waals surface area contributed by atoms with Gasteiger partial charge in [0.05, 0.1) is 37.3 Å². The van der Waals surface area contributed by atoms with E-state index in [0.29, 0.717) is 17.1 Å². The number of ether oxygens (including phenoxy) is 2. The third-order valence-electron chi connectivity index (χ3n) is 8.67. The van der Waals surface area contributed by atoms with Crippen molar-refractivity contribution >= 4 is 41.1 Å². The SMILES string of the molecule is CCC1(C)c2sc(=O)[nH]c2SC2C3CC(C4C(=O)N(/N=C/c5ccc(OC)c(OC)c5)C(=O)C34)C21. The Kier molecular flexibility index (Phi) is 5.20. The number of benzene rings is 1. The average Bonchev–Trinajstić information content (AvgIpc) is 3.59. The fourth-order valence-corrected chi connectivity index (χ4v) is 10.2. The monoisotopic (exact) mass is 513 g/mol. The summed E-state index contributed by atoms with van der Waals surface area (Å²) in [5.74, 6) is 0.570. The molecule has 7 unspecified atom stereocenters. The van der Waals surface area contributed by atoms with Crippen molar-refractivity contribution in [3.05, 3.63) is 38.3 Å². The molecular formula is C25H27N3O5S2. The van der Waals surface area contributed by atoms with Gasteiger partial charge in [-0.25, -0.2) is 0 Å². The highest BCUT2D eigenvalue weighted by Crippen LogP contribution is 2.69. The van der Waals surface area contributed by atoms with Gasteiger partial charge in [0.2, 0.25) is 0 Å². The number of rotatable bonds is 5. The Morgan fingerprint density at radius 3 is 2.54 bits per heavy atom. The Labute approximate surface area is 211 Å². The molecule has 2 aliphatic heterocycles. The molecule has 0 radical (unpaired) electrons. The maximum atomic E-state index is 13.5. The van der Waals surface area contributed by atoms with Crippen molar-refractivity contribution in [2.75, 3.05) is 14.2 Å². The lowest BCUT2D eigenvalue weighted by molar-refractivity contribution is -0.140. The predicted molar refractivity (Wildman–Crippen MR) is 133 cm³/mol. The third-order valence-corrected chi connectivity index (χ3v) is 11.4. The van der Waals surface area contributed by atoms with E-state index >= 15 is 0 Å². The van der Waals surface area contributed by atoms with Gasteiger partial charge < -0.3 is 14.5 Å². The van der Waals surface area contributed by atoms with E-state index in [2.05, 4.69) is 23.9 Å². The maximum Gasteiger partial charge on any atom is 0.305 e. The Balaban J connectivity index is 1.31. The molecule has 2 aromatic rings. The lowest BCUT2D eigenvalue weighted by atomic mass is 9.62. The largest absolute Gasteiger partial charge is 0.493 e. The molecule has 1 N–H and O–H groups in total. The quantitative estimate of drug-likeness (QED) is 0.485. The number of imide groups is 1. The molecule has 184 valence electrons. The fourth-order valence-electron chi connectivity index (χ4n) is 7.05. The molecule has 10 heteroatoms. The number of aromatic nitrogens is 1. The number of carbonyl (C=O) groups is 2. The first-order chi connectivity index (χ1) is 16.8. The molecule has 2 amide bonds. The Morgan fingerprint density at radius 2 is 1.86 bits per heavy atom. The number of hydrazone groups is 1. The number of H-pyrrole nitrogens is 1. The molecule has 2 aliphatic carbocycles. The van der Waals surface area contributed by atoms with Crippen molar-refractivity contribution in [2.24, 2.45) is 34.7 Å². The summed E-state index contributed by atoms with van der Waals surface area (Å²) in [5, 5.41) is 6.60. The van der Waals surface area contributed by atoms with Gasteiger partial charge in [-0.05, 0) is 54.4 Å². The minimum Gasteiger partial charge on any atom is -0.493 e. The number of nitrogens with one attached hydrogen (secondary N) is 1. The highest BCUT2D eigenvalue weighted by atomic mass is 32.2. The van der Waals surface area contributed by atoms with Crippen molar-refractivity contribution in [3.63, 3.8) is 0 Å². The summed E-state index contributed by atoms with van der Waals surface area (Å²) in [7, 11) is 3.12. The number of thiazole rings is 1. The summed E-state index contributed by atoms with van der Waals surface area (Å²) < 4.78 is 10.6. The number of amides is 2. The lowest BCUT2D eigenvalue weighted by Gasteiger charge is -2.48. The molecule has 35 heavy (non-hydrogen) atoms. The van der Waals surface area contributed by atoms with Crippen LogP contribution in [0.3, 0.4) is 0 Å². The Morgan fingerprint density at radius 1 is 1.14 bits per heavy atom. The average molecular weight is 514 g/mol. The molecular weight excluding hydrogens is 486 g/mol. The van der Waals surface area contributed by atoms with E-state index < -0.39 is 0 Å². The van der Waals surface area contributed by atoms with Crippen LogP contribution >= 0.6 is 23.1 Å². The molecule has 2 bridgehead atoms. The number of hydrogen-bond acceptors (Lipinski definition) is 8. The second-order valence-corrected chi connectivity index (χ2v) is 12.2. The van der Waals surface area contributed by atoms with Crippen LogP contribution in [0.15, 0.2) is 33.1 Å². The molecule has 1 aromatic heterocycles. The zero-order chi connectivity index (χ0) is 24.6. The van der Waals surface area contributed by atoms with Gasteiger partial charge in [-0.15, -0.1) is 11.8 Å². The molecule has 6 rings (SSSR count). The second-order valence-electron chi connectivity index (χ2n) is 10.0. The van der Waals surface area contributed by atoms with Gasteiger partial charge in [-0.1, -0.05) is 25.2 Å². The first-order valence-corrected chi connectivity index (χ1v) is 13.6. The fraction of sp³-hybridized carbons (Fsp3) is 0.520. The smallest absolute Gasteiger partial charge is 0.305 e. The van der Waals surface area contributed by atoms with Crippen LogP contribution in [0, 0.1) is 29.6 Å². The van der Waals surface area contributed by atoms with Crippen LogP contribution in [0.4, 0.5) is 0 Å². The van der Waals surface area contributed by atoms with Crippen molar-refractivity contribution < 1.29 is 19.1 Å². The normalized spacial score (nSPS) is 34.9. The van der Waals surface area contributed by atoms with E-state index in [4.69, 9.17) is 9.47 Å². The molecule has 3 heterocycles. The molecule has 4 aliphatic rings. The number of methoxy groups -OCH3 is 2. The minimum absolute atomic E-state index is 0.0301. The van der Waals surface area contributed by atoms with Gasteiger partial charge >= 0.3 is 4.87 Å². The molecule has 8 nitrogen and oxygen atoms in total. The summed E-state index contributed by atoms with van der Waals surface area (Å²) >= 11 is 3.01. The van der Waals surface area contributed by atoms with Gasteiger partial charge in [0.15, 0.2) is 11.5 Å². The highest BCUT2D eigenvalue weighted by molar-refractivity contribution is 8.00. The molecule has 2 saturated carbocycles. The zero-order valence-electron chi connectivity index (χ0n) is 19.9. The van der Waals surface area contributed by atoms with E-state index in [-0.39, 0.29) is 56.9 Å². The summed E-state index contributed by atoms with van der Waals surface area (Å²) in [5.41, 5.74) is 0.526. The topological polar surface area (TPSA) is 101 Å². The van der Waals surface area contributed by atoms with Gasteiger partial charge in [0.25, 0.3) is 11.8 Å². The van der Waals surface area contributed by atoms with E-state index in [1.165, 1.54) is 17.6 Å². The number of carbonyl (C=O) groups excluding carboxylic acids is 2. The minimum atomic E-state index is -0.336. The van der Waals surface area contributed by atoms with Crippen LogP contribution in [-0.2, 0) is 15.0 Å².